The van der Waals surface area contributed by atoms with E-state index in [-0.39, 0.29) is 18.9 Å². The molecule has 0 fully saturated rings. The average Bonchev–Trinajstić information content (AvgIpc) is 2.23. The van der Waals surface area contributed by atoms with Gasteiger partial charge in [-0.15, -0.1) is 0 Å². The van der Waals surface area contributed by atoms with Crippen molar-refractivity contribution in [2.45, 2.75) is 39.0 Å². The first-order chi connectivity index (χ1) is 7.66. The largest absolute Gasteiger partial charge is 0.481 e. The summed E-state index contributed by atoms with van der Waals surface area (Å²) in [6.45, 7) is 3.37. The lowest BCUT2D eigenvalue weighted by molar-refractivity contribution is -0.142. The SMILES string of the molecule is CCCCOC(=O)CNCCCCC(=O)O. The van der Waals surface area contributed by atoms with E-state index in [1.807, 2.05) is 6.92 Å². The number of ether oxygens (including phenoxy) is 1. The number of carboxylic acids is 1. The normalized spacial score (nSPS) is 10.1. The van der Waals surface area contributed by atoms with Gasteiger partial charge in [-0.25, -0.2) is 0 Å². The number of hydrogen-bond donors (Lipinski definition) is 2. The van der Waals surface area contributed by atoms with Crippen LogP contribution in [-0.4, -0.2) is 36.7 Å². The Morgan fingerprint density at radius 3 is 2.62 bits per heavy atom. The van der Waals surface area contributed by atoms with E-state index in [1.165, 1.54) is 0 Å². The second kappa shape index (κ2) is 10.4. The van der Waals surface area contributed by atoms with Crippen LogP contribution in [0.4, 0.5) is 0 Å². The summed E-state index contributed by atoms with van der Waals surface area (Å²) < 4.78 is 4.93. The van der Waals surface area contributed by atoms with Crippen molar-refractivity contribution in [3.8, 4) is 0 Å². The molecule has 0 bridgehead atoms. The Morgan fingerprint density at radius 1 is 1.25 bits per heavy atom. The van der Waals surface area contributed by atoms with Gasteiger partial charge in [0.1, 0.15) is 0 Å². The first-order valence-corrected chi connectivity index (χ1v) is 5.75. The molecule has 0 atom stereocenters. The van der Waals surface area contributed by atoms with E-state index in [2.05, 4.69) is 5.32 Å². The molecule has 0 aliphatic rings. The fourth-order valence-electron chi connectivity index (χ4n) is 1.10. The number of carboxylic acid groups (broad SMARTS) is 1. The molecule has 5 heteroatoms. The monoisotopic (exact) mass is 231 g/mol. The zero-order valence-corrected chi connectivity index (χ0v) is 9.83. The first-order valence-electron chi connectivity index (χ1n) is 5.75. The number of rotatable bonds is 10. The van der Waals surface area contributed by atoms with Gasteiger partial charge in [0.25, 0.3) is 0 Å². The third kappa shape index (κ3) is 11.0. The van der Waals surface area contributed by atoms with Gasteiger partial charge in [0.2, 0.25) is 0 Å². The molecule has 0 aliphatic heterocycles. The van der Waals surface area contributed by atoms with Crippen molar-refractivity contribution in [1.29, 1.82) is 0 Å². The molecule has 0 rings (SSSR count). The predicted octanol–water partition coefficient (Wildman–Crippen LogP) is 1.17. The van der Waals surface area contributed by atoms with Crippen molar-refractivity contribution in [3.05, 3.63) is 0 Å². The minimum atomic E-state index is -0.779. The maximum atomic E-state index is 11.1. The fourth-order valence-corrected chi connectivity index (χ4v) is 1.10. The van der Waals surface area contributed by atoms with Crippen LogP contribution < -0.4 is 5.32 Å². The summed E-state index contributed by atoms with van der Waals surface area (Å²) in [5.74, 6) is -1.02. The van der Waals surface area contributed by atoms with Crippen LogP contribution in [0.25, 0.3) is 0 Å². The molecule has 0 heterocycles. The van der Waals surface area contributed by atoms with E-state index < -0.39 is 5.97 Å². The Labute approximate surface area is 96.2 Å². The zero-order chi connectivity index (χ0) is 12.2. The average molecular weight is 231 g/mol. The summed E-state index contributed by atoms with van der Waals surface area (Å²) in [5, 5.41) is 11.3. The van der Waals surface area contributed by atoms with Gasteiger partial charge >= 0.3 is 11.9 Å². The van der Waals surface area contributed by atoms with E-state index in [1.54, 1.807) is 0 Å². The molecule has 16 heavy (non-hydrogen) atoms. The van der Waals surface area contributed by atoms with Crippen LogP contribution in [0.3, 0.4) is 0 Å². The highest BCUT2D eigenvalue weighted by Crippen LogP contribution is 1.93. The number of hydrogen-bond acceptors (Lipinski definition) is 4. The van der Waals surface area contributed by atoms with Crippen molar-refractivity contribution in [3.63, 3.8) is 0 Å². The topological polar surface area (TPSA) is 75.6 Å². The van der Waals surface area contributed by atoms with Gasteiger partial charge in [0, 0.05) is 6.42 Å². The second-order valence-electron chi connectivity index (χ2n) is 3.60. The van der Waals surface area contributed by atoms with Crippen LogP contribution in [0, 0.1) is 0 Å². The Balaban J connectivity index is 3.18. The molecule has 0 saturated heterocycles. The van der Waals surface area contributed by atoms with Gasteiger partial charge in [0.05, 0.1) is 13.2 Å². The Bertz CT molecular complexity index is 206. The second-order valence-corrected chi connectivity index (χ2v) is 3.60. The van der Waals surface area contributed by atoms with Gasteiger partial charge in [-0.2, -0.15) is 0 Å². The summed E-state index contributed by atoms with van der Waals surface area (Å²) in [4.78, 5) is 21.3. The number of carbonyl (C=O) groups is 2. The summed E-state index contributed by atoms with van der Waals surface area (Å²) in [6, 6.07) is 0. The van der Waals surface area contributed by atoms with E-state index in [9.17, 15) is 9.59 Å². The van der Waals surface area contributed by atoms with E-state index in [0.717, 1.165) is 19.3 Å². The van der Waals surface area contributed by atoms with Crippen molar-refractivity contribution in [2.75, 3.05) is 19.7 Å². The summed E-state index contributed by atoms with van der Waals surface area (Å²) in [6.07, 6.45) is 3.48. The van der Waals surface area contributed by atoms with Crippen molar-refractivity contribution in [2.24, 2.45) is 0 Å². The third-order valence-corrected chi connectivity index (χ3v) is 2.02. The number of esters is 1. The lowest BCUT2D eigenvalue weighted by Gasteiger charge is -2.05. The molecule has 0 aromatic rings. The minimum absolute atomic E-state index is 0.183. The molecule has 0 spiro atoms. The first kappa shape index (κ1) is 14.9. The highest BCUT2D eigenvalue weighted by Gasteiger charge is 2.01. The minimum Gasteiger partial charge on any atom is -0.481 e. The lowest BCUT2D eigenvalue weighted by atomic mass is 10.2. The predicted molar refractivity (Wildman–Crippen MR) is 60.2 cm³/mol. The lowest BCUT2D eigenvalue weighted by Crippen LogP contribution is -2.25. The van der Waals surface area contributed by atoms with Gasteiger partial charge < -0.3 is 15.2 Å². The number of aliphatic carboxylic acids is 1. The Morgan fingerprint density at radius 2 is 2.00 bits per heavy atom. The van der Waals surface area contributed by atoms with Crippen LogP contribution in [0.15, 0.2) is 0 Å². The molecule has 0 aliphatic carbocycles. The highest BCUT2D eigenvalue weighted by molar-refractivity contribution is 5.71. The fraction of sp³-hybridized carbons (Fsp3) is 0.818. The van der Waals surface area contributed by atoms with E-state index >= 15 is 0 Å². The molecule has 94 valence electrons. The van der Waals surface area contributed by atoms with Crippen LogP contribution in [0.1, 0.15) is 39.0 Å². The molecule has 0 aromatic heterocycles. The molecule has 5 nitrogen and oxygen atoms in total. The number of nitrogens with one attached hydrogen (secondary N) is 1. The Kier molecular flexibility index (Phi) is 9.70. The molecule has 0 aromatic carbocycles. The highest BCUT2D eigenvalue weighted by atomic mass is 16.5. The number of unbranched alkanes of at least 4 members (excludes halogenated alkanes) is 2. The standard InChI is InChI=1S/C11H21NO4/c1-2-3-8-16-11(15)9-12-7-5-4-6-10(13)14/h12H,2-9H2,1H3,(H,13,14). The van der Waals surface area contributed by atoms with Crippen molar-refractivity contribution in [1.82, 2.24) is 5.32 Å². The van der Waals surface area contributed by atoms with Crippen LogP contribution >= 0.6 is 0 Å². The van der Waals surface area contributed by atoms with Crippen molar-refractivity contribution >= 4 is 11.9 Å². The van der Waals surface area contributed by atoms with Crippen LogP contribution in [0.5, 0.6) is 0 Å². The van der Waals surface area contributed by atoms with Gasteiger partial charge in [-0.3, -0.25) is 9.59 Å². The van der Waals surface area contributed by atoms with Crippen LogP contribution in [0.2, 0.25) is 0 Å². The molecule has 0 radical (unpaired) electrons. The van der Waals surface area contributed by atoms with Crippen LogP contribution in [-0.2, 0) is 14.3 Å². The zero-order valence-electron chi connectivity index (χ0n) is 9.83. The summed E-state index contributed by atoms with van der Waals surface area (Å²) in [7, 11) is 0. The molecular weight excluding hydrogens is 210 g/mol. The Hall–Kier alpha value is -1.10. The maximum absolute atomic E-state index is 11.1. The molecule has 2 N–H and O–H groups in total. The van der Waals surface area contributed by atoms with E-state index in [4.69, 9.17) is 9.84 Å². The molecule has 0 unspecified atom stereocenters. The molecule has 0 amide bonds. The van der Waals surface area contributed by atoms with Gasteiger partial charge in [-0.1, -0.05) is 13.3 Å². The third-order valence-electron chi connectivity index (χ3n) is 2.02. The molecule has 0 saturated carbocycles. The quantitative estimate of drug-likeness (QED) is 0.436. The smallest absolute Gasteiger partial charge is 0.319 e. The van der Waals surface area contributed by atoms with Gasteiger partial charge in [-0.05, 0) is 25.8 Å². The van der Waals surface area contributed by atoms with Gasteiger partial charge in [0.15, 0.2) is 0 Å². The summed E-state index contributed by atoms with van der Waals surface area (Å²) in [5.41, 5.74) is 0. The van der Waals surface area contributed by atoms with E-state index in [0.29, 0.717) is 19.6 Å². The number of carbonyl (C=O) groups excluding carboxylic acids is 1. The van der Waals surface area contributed by atoms with Crippen molar-refractivity contribution < 1.29 is 19.4 Å². The molecular formula is C11H21NO4. The maximum Gasteiger partial charge on any atom is 0.319 e. The summed E-state index contributed by atoms with van der Waals surface area (Å²) >= 11 is 0.